The van der Waals surface area contributed by atoms with Crippen LogP contribution in [0.15, 0.2) is 88.3 Å². The molecule has 1 aliphatic carbocycles. The van der Waals surface area contributed by atoms with Gasteiger partial charge < -0.3 is 9.64 Å². The molecule has 0 unspecified atom stereocenters. The van der Waals surface area contributed by atoms with Crippen LogP contribution in [0.1, 0.15) is 91.7 Å². The van der Waals surface area contributed by atoms with Crippen molar-refractivity contribution < 1.29 is 14.3 Å². The Labute approximate surface area is 266 Å². The Hall–Kier alpha value is -2.89. The van der Waals surface area contributed by atoms with Crippen molar-refractivity contribution >= 4 is 29.5 Å². The quantitative estimate of drug-likeness (QED) is 0.101. The second kappa shape index (κ2) is 20.1. The molecule has 0 radical (unpaired) electrons. The van der Waals surface area contributed by atoms with Gasteiger partial charge in [-0.1, -0.05) is 98.5 Å². The van der Waals surface area contributed by atoms with E-state index < -0.39 is 5.41 Å². The second-order valence-corrected chi connectivity index (χ2v) is 12.6. The second-order valence-electron chi connectivity index (χ2n) is 11.2. The van der Waals surface area contributed by atoms with Crippen LogP contribution in [0, 0.1) is 5.41 Å². The zero-order valence-corrected chi connectivity index (χ0v) is 28.9. The number of aryl methyl sites for hydroxylation is 1. The standard InChI is InChI=1S/C35H47NO2S.C3H8O/c1-9-11-14-31(10-2)19-18-28(6)35(20-21-35)34(38)36(24-29(7)39-30(8)27(5)25-37)22-13-16-32-15-12-17-33(23-32)26(3)4;1-3-4-2/h11-12,14-15,17-19,23,25H,3,7,9-10,13,16,20-22,24H2,1-2,4-6,8H3;3H2,1-2H3/b14-11+,28-18+,30-27+,31-19-;. The lowest BCUT2D eigenvalue weighted by molar-refractivity contribution is -0.135. The summed E-state index contributed by atoms with van der Waals surface area (Å²) in [7, 11) is 1.68. The molecule has 1 aromatic rings. The fourth-order valence-corrected chi connectivity index (χ4v) is 5.36. The Bertz CT molecular complexity index is 1210. The van der Waals surface area contributed by atoms with Gasteiger partial charge in [0.15, 0.2) is 0 Å². The van der Waals surface area contributed by atoms with E-state index in [2.05, 4.69) is 87.2 Å². The first kappa shape index (κ1) is 38.1. The summed E-state index contributed by atoms with van der Waals surface area (Å²) in [4.78, 5) is 29.1. The molecule has 0 spiro atoms. The normalized spacial score (nSPS) is 14.9. The molecule has 0 saturated heterocycles. The third kappa shape index (κ3) is 13.1. The van der Waals surface area contributed by atoms with Gasteiger partial charge in [-0.2, -0.15) is 0 Å². The van der Waals surface area contributed by atoms with Gasteiger partial charge in [-0.25, -0.2) is 0 Å². The topological polar surface area (TPSA) is 46.6 Å². The minimum atomic E-state index is -0.418. The van der Waals surface area contributed by atoms with Gasteiger partial charge in [0.25, 0.3) is 0 Å². The fraction of sp³-hybridized carbons (Fsp3) is 0.474. The van der Waals surface area contributed by atoms with Crippen LogP contribution < -0.4 is 0 Å². The summed E-state index contributed by atoms with van der Waals surface area (Å²) in [6, 6.07) is 8.50. The highest BCUT2D eigenvalue weighted by atomic mass is 32.2. The molecule has 236 valence electrons. The molecule has 0 atom stereocenters. The average molecular weight is 606 g/mol. The lowest BCUT2D eigenvalue weighted by atomic mass is 9.94. The number of carbonyl (C=O) groups excluding carboxylic acids is 2. The SMILES string of the molecule is C=C(CN(CCCc1cccc(C(=C)C)c1)C(=O)C1(/C(C)=C/C=C(\C=C\CC)CC)CC1)S/C(C)=C(\C)C=O.CCOC. The Kier molecular flexibility index (Phi) is 17.9. The molecule has 1 fully saturated rings. The van der Waals surface area contributed by atoms with Crippen molar-refractivity contribution in [3.05, 3.63) is 99.4 Å². The monoisotopic (exact) mass is 605 g/mol. The van der Waals surface area contributed by atoms with Crippen LogP contribution in [0.4, 0.5) is 0 Å². The molecule has 0 aromatic heterocycles. The van der Waals surface area contributed by atoms with Crippen LogP contribution in [0.25, 0.3) is 5.57 Å². The van der Waals surface area contributed by atoms with Crippen molar-refractivity contribution in [3.63, 3.8) is 0 Å². The number of benzene rings is 1. The maximum absolute atomic E-state index is 14.1. The third-order valence-corrected chi connectivity index (χ3v) is 8.77. The molecule has 0 N–H and O–H groups in total. The molecule has 4 nitrogen and oxygen atoms in total. The number of nitrogens with zero attached hydrogens (tertiary/aromatic N) is 1. The molecule has 43 heavy (non-hydrogen) atoms. The number of amides is 1. The molecule has 2 rings (SSSR count). The van der Waals surface area contributed by atoms with Crippen molar-refractivity contribution in [2.45, 2.75) is 87.0 Å². The molecule has 0 bridgehead atoms. The van der Waals surface area contributed by atoms with E-state index in [1.54, 1.807) is 7.11 Å². The van der Waals surface area contributed by atoms with Gasteiger partial charge in [0, 0.05) is 25.2 Å². The number of aldehydes is 1. The summed E-state index contributed by atoms with van der Waals surface area (Å²) in [6.07, 6.45) is 15.0. The maximum atomic E-state index is 14.1. The van der Waals surface area contributed by atoms with Crippen molar-refractivity contribution in [2.24, 2.45) is 5.41 Å². The van der Waals surface area contributed by atoms with E-state index in [4.69, 9.17) is 0 Å². The molecule has 0 heterocycles. The summed E-state index contributed by atoms with van der Waals surface area (Å²) in [6.45, 7) is 24.4. The lowest BCUT2D eigenvalue weighted by Crippen LogP contribution is -2.39. The summed E-state index contributed by atoms with van der Waals surface area (Å²) in [5.41, 5.74) is 6.15. The first-order valence-electron chi connectivity index (χ1n) is 15.5. The largest absolute Gasteiger partial charge is 0.385 e. The zero-order chi connectivity index (χ0) is 32.4. The van der Waals surface area contributed by atoms with E-state index in [1.165, 1.54) is 22.9 Å². The van der Waals surface area contributed by atoms with Gasteiger partial charge in [-0.05, 0) is 100 Å². The van der Waals surface area contributed by atoms with E-state index in [9.17, 15) is 9.59 Å². The number of hydrogen-bond acceptors (Lipinski definition) is 4. The van der Waals surface area contributed by atoms with Crippen LogP contribution in [0.5, 0.6) is 0 Å². The highest BCUT2D eigenvalue weighted by molar-refractivity contribution is 8.06. The molecule has 1 aliphatic rings. The number of methoxy groups -OCH3 is 1. The third-order valence-electron chi connectivity index (χ3n) is 7.72. The van der Waals surface area contributed by atoms with Crippen LogP contribution in [0.2, 0.25) is 0 Å². The van der Waals surface area contributed by atoms with Crippen molar-refractivity contribution in [1.82, 2.24) is 4.90 Å². The van der Waals surface area contributed by atoms with Crippen molar-refractivity contribution in [3.8, 4) is 0 Å². The summed E-state index contributed by atoms with van der Waals surface area (Å²) in [5.74, 6) is 0.193. The predicted molar refractivity (Wildman–Crippen MR) is 188 cm³/mol. The molecular formula is C38H55NO3S. The van der Waals surface area contributed by atoms with E-state index in [-0.39, 0.29) is 5.91 Å². The van der Waals surface area contributed by atoms with Gasteiger partial charge in [0.05, 0.1) is 12.0 Å². The Morgan fingerprint density at radius 1 is 1.09 bits per heavy atom. The number of rotatable bonds is 17. The molecular weight excluding hydrogens is 550 g/mol. The van der Waals surface area contributed by atoms with E-state index in [1.807, 2.05) is 32.6 Å². The Morgan fingerprint density at radius 3 is 2.30 bits per heavy atom. The minimum absolute atomic E-state index is 0.193. The molecule has 5 heteroatoms. The number of thioether (sulfide) groups is 1. The number of allylic oxidation sites excluding steroid dienone is 8. The lowest BCUT2D eigenvalue weighted by Gasteiger charge is -2.29. The van der Waals surface area contributed by atoms with Gasteiger partial charge in [-0.15, -0.1) is 0 Å². The van der Waals surface area contributed by atoms with E-state index >= 15 is 0 Å². The van der Waals surface area contributed by atoms with Crippen LogP contribution in [-0.2, 0) is 20.7 Å². The first-order valence-corrected chi connectivity index (χ1v) is 16.4. The summed E-state index contributed by atoms with van der Waals surface area (Å²) < 4.78 is 4.54. The molecule has 1 amide bonds. The van der Waals surface area contributed by atoms with Gasteiger partial charge >= 0.3 is 0 Å². The Balaban J connectivity index is 0.00000217. The molecule has 1 saturated carbocycles. The predicted octanol–water partition coefficient (Wildman–Crippen LogP) is 9.90. The van der Waals surface area contributed by atoms with Gasteiger partial charge in [-0.3, -0.25) is 9.59 Å². The smallest absolute Gasteiger partial charge is 0.233 e. The first-order chi connectivity index (χ1) is 20.5. The highest BCUT2D eigenvalue weighted by Crippen LogP contribution is 2.53. The van der Waals surface area contributed by atoms with E-state index in [0.29, 0.717) is 18.7 Å². The number of hydrogen-bond donors (Lipinski definition) is 0. The summed E-state index contributed by atoms with van der Waals surface area (Å²) in [5, 5.41) is 0. The van der Waals surface area contributed by atoms with Crippen LogP contribution >= 0.6 is 11.8 Å². The van der Waals surface area contributed by atoms with E-state index in [0.717, 1.165) is 77.9 Å². The van der Waals surface area contributed by atoms with Crippen LogP contribution in [0.3, 0.4) is 0 Å². The summed E-state index contributed by atoms with van der Waals surface area (Å²) >= 11 is 1.50. The zero-order valence-electron chi connectivity index (χ0n) is 28.1. The molecule has 0 aliphatic heterocycles. The van der Waals surface area contributed by atoms with Gasteiger partial charge in [0.1, 0.15) is 6.29 Å². The number of carbonyl (C=O) groups is 2. The van der Waals surface area contributed by atoms with Crippen molar-refractivity contribution in [1.29, 1.82) is 0 Å². The van der Waals surface area contributed by atoms with Crippen molar-refractivity contribution in [2.75, 3.05) is 26.8 Å². The number of ether oxygens (including phenoxy) is 1. The van der Waals surface area contributed by atoms with Gasteiger partial charge in [0.2, 0.25) is 5.91 Å². The van der Waals surface area contributed by atoms with Crippen LogP contribution in [-0.4, -0.2) is 43.9 Å². The average Bonchev–Trinajstić information content (AvgIpc) is 3.82. The Morgan fingerprint density at radius 2 is 1.77 bits per heavy atom. The minimum Gasteiger partial charge on any atom is -0.385 e. The fourth-order valence-electron chi connectivity index (χ4n) is 4.50. The highest BCUT2D eigenvalue weighted by Gasteiger charge is 2.52. The molecule has 1 aromatic carbocycles. The maximum Gasteiger partial charge on any atom is 0.233 e.